The van der Waals surface area contributed by atoms with Gasteiger partial charge in [0.2, 0.25) is 36.4 Å². The number of ether oxygens (including phenoxy) is 4. The molecule has 74 heavy (non-hydrogen) atoms. The SMILES string of the molecule is CC[C@H]1NC(=O)c2cccc(c2)CNC(=O)[C@H](CC(=O)OCOC(=O)c2ccc(C(C)(C)C)cc2)NC(=O)CNC(=O)[C@H](CCCN=C(NC(=O)OCc2ccccc2)NC(=O)OCc2ccccc2)N(C)C1=O. The zero-order valence-electron chi connectivity index (χ0n) is 41.9. The molecule has 4 aromatic rings. The molecule has 0 radical (unpaired) electrons. The van der Waals surface area contributed by atoms with Crippen LogP contribution in [-0.4, -0.2) is 110 Å². The van der Waals surface area contributed by atoms with Crippen molar-refractivity contribution in [2.24, 2.45) is 4.99 Å². The van der Waals surface area contributed by atoms with Gasteiger partial charge in [0.1, 0.15) is 31.3 Å². The van der Waals surface area contributed by atoms with Gasteiger partial charge in [-0.05, 0) is 71.2 Å². The number of hydrogen-bond donors (Lipinski definition) is 6. The Hall–Kier alpha value is -8.62. The lowest BCUT2D eigenvalue weighted by atomic mass is 9.87. The van der Waals surface area contributed by atoms with Gasteiger partial charge < -0.3 is 45.1 Å². The molecule has 0 saturated carbocycles. The average Bonchev–Trinajstić information content (AvgIpc) is 3.39. The normalized spacial score (nSPS) is 16.6. The zero-order valence-corrected chi connectivity index (χ0v) is 41.9. The highest BCUT2D eigenvalue weighted by molar-refractivity contribution is 6.01. The molecular formula is C53H62N8O13. The number of hydrogen-bond acceptors (Lipinski definition) is 14. The number of benzene rings is 4. The Kier molecular flexibility index (Phi) is 21.2. The lowest BCUT2D eigenvalue weighted by molar-refractivity contribution is -0.154. The number of esters is 2. The zero-order chi connectivity index (χ0) is 53.6. The summed E-state index contributed by atoms with van der Waals surface area (Å²) in [6.07, 6.45) is -2.53. The molecule has 0 aromatic heterocycles. The second-order valence-electron chi connectivity index (χ2n) is 18.0. The van der Waals surface area contributed by atoms with E-state index in [1.165, 1.54) is 19.2 Å². The number of rotatable bonds is 14. The number of fused-ring (bicyclic) bond motifs is 2. The number of alkyl carbamates (subject to hydrolysis) is 2. The van der Waals surface area contributed by atoms with Gasteiger partial charge in [-0.15, -0.1) is 0 Å². The molecule has 1 heterocycles. The Balaban J connectivity index is 1.30. The number of carbonyl (C=O) groups is 9. The van der Waals surface area contributed by atoms with Gasteiger partial charge >= 0.3 is 24.1 Å². The maximum absolute atomic E-state index is 14.1. The van der Waals surface area contributed by atoms with E-state index in [4.69, 9.17) is 18.9 Å². The highest BCUT2D eigenvalue weighted by Crippen LogP contribution is 2.22. The van der Waals surface area contributed by atoms with Crippen LogP contribution >= 0.6 is 0 Å². The van der Waals surface area contributed by atoms with Crippen molar-refractivity contribution in [3.63, 3.8) is 0 Å². The third-order valence-corrected chi connectivity index (χ3v) is 11.4. The third-order valence-electron chi connectivity index (χ3n) is 11.4. The van der Waals surface area contributed by atoms with E-state index in [0.29, 0.717) is 16.7 Å². The minimum Gasteiger partial charge on any atom is -0.444 e. The van der Waals surface area contributed by atoms with E-state index in [-0.39, 0.29) is 68.1 Å². The molecule has 3 atom stereocenters. The van der Waals surface area contributed by atoms with Crippen LogP contribution in [0.15, 0.2) is 114 Å². The largest absolute Gasteiger partial charge is 0.444 e. The highest BCUT2D eigenvalue weighted by atomic mass is 16.7. The van der Waals surface area contributed by atoms with Crippen molar-refractivity contribution in [3.05, 3.63) is 143 Å². The Morgan fingerprint density at radius 3 is 1.91 bits per heavy atom. The second-order valence-corrected chi connectivity index (χ2v) is 18.0. The van der Waals surface area contributed by atoms with Gasteiger partial charge in [-0.1, -0.05) is 113 Å². The van der Waals surface area contributed by atoms with E-state index in [2.05, 4.69) is 36.9 Å². The summed E-state index contributed by atoms with van der Waals surface area (Å²) < 4.78 is 20.8. The van der Waals surface area contributed by atoms with Crippen molar-refractivity contribution in [3.8, 4) is 0 Å². The van der Waals surface area contributed by atoms with Crippen LogP contribution in [0.4, 0.5) is 9.59 Å². The third kappa shape index (κ3) is 18.2. The van der Waals surface area contributed by atoms with E-state index < -0.39 is 91.5 Å². The summed E-state index contributed by atoms with van der Waals surface area (Å²) in [6.45, 7) is 5.77. The van der Waals surface area contributed by atoms with Crippen molar-refractivity contribution in [1.82, 2.24) is 36.8 Å². The first-order valence-electron chi connectivity index (χ1n) is 23.8. The number of aliphatic imine (C=N–C) groups is 1. The summed E-state index contributed by atoms with van der Waals surface area (Å²) in [6, 6.07) is 26.7. The fourth-order valence-corrected chi connectivity index (χ4v) is 7.22. The van der Waals surface area contributed by atoms with Gasteiger partial charge in [-0.25, -0.2) is 14.4 Å². The standard InChI is InChI=1S/C53H62N8O13/c1-6-40-48(67)61(5)42(21-14-26-54-50(59-51(69)71-31-34-15-9-7-10-16-34)60-52(70)72-32-35-17-11-8-12-18-35)47(66)56-30-43(62)57-41(46(65)55-29-36-19-13-20-38(27-36)45(64)58-40)28-44(63)73-33-74-49(68)37-22-24-39(25-23-37)53(2,3)4/h7-13,15-20,22-25,27,40-42H,6,14,21,26,28-33H2,1-5H3,(H,55,65)(H,56,66)(H,57,62)(H,58,64)(H2,54,59,60,69,70)/t40-,41+,42+/m1/s1. The van der Waals surface area contributed by atoms with Gasteiger partial charge in [-0.2, -0.15) is 0 Å². The second kappa shape index (κ2) is 27.8. The first kappa shape index (κ1) is 56.3. The number of nitrogens with one attached hydrogen (secondary N) is 6. The first-order chi connectivity index (χ1) is 35.4. The van der Waals surface area contributed by atoms with Crippen LogP contribution in [0, 0.1) is 0 Å². The minimum atomic E-state index is -1.55. The van der Waals surface area contributed by atoms with E-state index >= 15 is 0 Å². The predicted octanol–water partition coefficient (Wildman–Crippen LogP) is 4.29. The van der Waals surface area contributed by atoms with Gasteiger partial charge in [0.25, 0.3) is 5.91 Å². The molecule has 21 nitrogen and oxygen atoms in total. The van der Waals surface area contributed by atoms with Crippen molar-refractivity contribution < 1.29 is 62.1 Å². The number of guanidine groups is 1. The van der Waals surface area contributed by atoms with Crippen LogP contribution in [0.1, 0.15) is 96.3 Å². The summed E-state index contributed by atoms with van der Waals surface area (Å²) >= 11 is 0. The molecule has 392 valence electrons. The van der Waals surface area contributed by atoms with E-state index in [0.717, 1.165) is 10.5 Å². The molecule has 5 rings (SSSR count). The van der Waals surface area contributed by atoms with Crippen molar-refractivity contribution in [2.75, 3.05) is 26.9 Å². The van der Waals surface area contributed by atoms with Crippen LogP contribution in [0.3, 0.4) is 0 Å². The summed E-state index contributed by atoms with van der Waals surface area (Å²) in [7, 11) is 1.36. The van der Waals surface area contributed by atoms with Gasteiger partial charge in [-0.3, -0.25) is 44.4 Å². The Morgan fingerprint density at radius 1 is 0.703 bits per heavy atom. The molecule has 0 spiro atoms. The van der Waals surface area contributed by atoms with Crippen LogP contribution in [0.5, 0.6) is 0 Å². The highest BCUT2D eigenvalue weighted by Gasteiger charge is 2.33. The van der Waals surface area contributed by atoms with Crippen LogP contribution in [-0.2, 0) is 68.1 Å². The molecule has 0 fully saturated rings. The van der Waals surface area contributed by atoms with Crippen molar-refractivity contribution in [2.45, 2.75) is 96.7 Å². The monoisotopic (exact) mass is 1020 g/mol. The van der Waals surface area contributed by atoms with Gasteiger partial charge in [0, 0.05) is 25.7 Å². The smallest absolute Gasteiger partial charge is 0.414 e. The van der Waals surface area contributed by atoms with Gasteiger partial charge in [0.15, 0.2) is 0 Å². The number of carbonyl (C=O) groups excluding carboxylic acids is 9. The fourth-order valence-electron chi connectivity index (χ4n) is 7.22. The molecule has 1 aliphatic heterocycles. The molecule has 0 saturated heterocycles. The number of likely N-dealkylation sites (N-methyl/N-ethyl adjacent to an activating group) is 1. The summed E-state index contributed by atoms with van der Waals surface area (Å²) in [4.78, 5) is 126. The molecule has 1 aliphatic rings. The quantitative estimate of drug-likeness (QED) is 0.0257. The first-order valence-corrected chi connectivity index (χ1v) is 23.8. The molecular weight excluding hydrogens is 957 g/mol. The Labute approximate surface area is 428 Å². The van der Waals surface area contributed by atoms with Crippen molar-refractivity contribution >= 4 is 59.6 Å². The number of amides is 7. The molecule has 0 aliphatic carbocycles. The van der Waals surface area contributed by atoms with Crippen LogP contribution < -0.4 is 31.9 Å². The average molecular weight is 1020 g/mol. The molecule has 6 N–H and O–H groups in total. The van der Waals surface area contributed by atoms with Crippen LogP contribution in [0.25, 0.3) is 0 Å². The maximum atomic E-state index is 14.1. The molecule has 4 aromatic carbocycles. The van der Waals surface area contributed by atoms with Crippen LogP contribution in [0.2, 0.25) is 0 Å². The maximum Gasteiger partial charge on any atom is 0.414 e. The van der Waals surface area contributed by atoms with E-state index in [1.54, 1.807) is 104 Å². The molecule has 7 amide bonds. The molecule has 21 heteroatoms. The lowest BCUT2D eigenvalue weighted by Gasteiger charge is -2.30. The molecule has 0 unspecified atom stereocenters. The summed E-state index contributed by atoms with van der Waals surface area (Å²) in [5.74, 6) is -5.88. The topological polar surface area (TPSA) is 278 Å². The van der Waals surface area contributed by atoms with Crippen molar-refractivity contribution in [1.29, 1.82) is 0 Å². The lowest BCUT2D eigenvalue weighted by Crippen LogP contribution is -2.55. The summed E-state index contributed by atoms with van der Waals surface area (Å²) in [5, 5.41) is 15.1. The summed E-state index contributed by atoms with van der Waals surface area (Å²) in [5.41, 5.74) is 3.07. The van der Waals surface area contributed by atoms with E-state index in [9.17, 15) is 43.2 Å². The van der Waals surface area contributed by atoms with Gasteiger partial charge in [0.05, 0.1) is 18.5 Å². The Morgan fingerprint density at radius 2 is 1.31 bits per heavy atom. The minimum absolute atomic E-state index is 0.0476. The Bertz CT molecular complexity index is 2580. The fraction of sp³-hybridized carbons (Fsp3) is 0.358. The van der Waals surface area contributed by atoms with E-state index in [1.807, 2.05) is 20.8 Å². The number of nitrogens with zero attached hydrogens (tertiary/aromatic N) is 2. The molecule has 2 bridgehead atoms. The predicted molar refractivity (Wildman–Crippen MR) is 269 cm³/mol.